The first kappa shape index (κ1) is 6.70. The molecule has 1 aromatic rings. The van der Waals surface area contributed by atoms with Crippen LogP contribution in [0.25, 0.3) is 0 Å². The fraction of sp³-hybridized carbons (Fsp3) is 0.625. The van der Waals surface area contributed by atoms with Crippen LogP contribution in [0.4, 0.5) is 5.82 Å². The fourth-order valence-electron chi connectivity index (χ4n) is 1.33. The number of aromatic nitrogens is 2. The Morgan fingerprint density at radius 2 is 2.45 bits per heavy atom. The van der Waals surface area contributed by atoms with E-state index in [1.165, 1.54) is 12.8 Å². The summed E-state index contributed by atoms with van der Waals surface area (Å²) < 4.78 is 1.99. The molecule has 0 spiro atoms. The van der Waals surface area contributed by atoms with Crippen LogP contribution in [0.15, 0.2) is 6.33 Å². The van der Waals surface area contributed by atoms with Crippen LogP contribution in [-0.2, 0) is 6.54 Å². The molecule has 60 valence electrons. The SMILES string of the molecule is CCn1cnc(C2CC2)c1N. The molecule has 0 aromatic carbocycles. The minimum Gasteiger partial charge on any atom is -0.384 e. The summed E-state index contributed by atoms with van der Waals surface area (Å²) in [6.45, 7) is 3.00. The van der Waals surface area contributed by atoms with Gasteiger partial charge in [0.15, 0.2) is 0 Å². The van der Waals surface area contributed by atoms with Crippen molar-refractivity contribution in [1.29, 1.82) is 0 Å². The van der Waals surface area contributed by atoms with Gasteiger partial charge in [-0.2, -0.15) is 0 Å². The van der Waals surface area contributed by atoms with Crippen LogP contribution in [0.1, 0.15) is 31.4 Å². The van der Waals surface area contributed by atoms with E-state index in [0.717, 1.165) is 18.1 Å². The molecular formula is C8H13N3. The number of nitrogens with zero attached hydrogens (tertiary/aromatic N) is 2. The van der Waals surface area contributed by atoms with E-state index in [1.807, 2.05) is 10.9 Å². The molecule has 1 aliphatic rings. The molecule has 0 aliphatic heterocycles. The van der Waals surface area contributed by atoms with E-state index in [-0.39, 0.29) is 0 Å². The minimum absolute atomic E-state index is 0.669. The number of rotatable bonds is 2. The van der Waals surface area contributed by atoms with Crippen LogP contribution in [0.2, 0.25) is 0 Å². The summed E-state index contributed by atoms with van der Waals surface area (Å²) in [4.78, 5) is 4.29. The molecule has 0 unspecified atom stereocenters. The number of nitrogens with two attached hydrogens (primary N) is 1. The lowest BCUT2D eigenvalue weighted by atomic mass is 10.3. The Bertz CT molecular complexity index is 260. The van der Waals surface area contributed by atoms with Gasteiger partial charge in [-0.1, -0.05) is 0 Å². The monoisotopic (exact) mass is 151 g/mol. The first-order valence-electron chi connectivity index (χ1n) is 4.13. The maximum atomic E-state index is 5.86. The number of aryl methyl sites for hydroxylation is 1. The van der Waals surface area contributed by atoms with Gasteiger partial charge in [0.25, 0.3) is 0 Å². The molecule has 0 saturated heterocycles. The second kappa shape index (κ2) is 2.26. The summed E-state index contributed by atoms with van der Waals surface area (Å²) in [6.07, 6.45) is 4.37. The lowest BCUT2D eigenvalue weighted by Gasteiger charge is -1.99. The van der Waals surface area contributed by atoms with Crippen molar-refractivity contribution in [2.24, 2.45) is 0 Å². The summed E-state index contributed by atoms with van der Waals surface area (Å²) in [5.41, 5.74) is 6.97. The molecular weight excluding hydrogens is 138 g/mol. The summed E-state index contributed by atoms with van der Waals surface area (Å²) in [7, 11) is 0. The fourth-order valence-corrected chi connectivity index (χ4v) is 1.33. The van der Waals surface area contributed by atoms with Gasteiger partial charge in [0.2, 0.25) is 0 Å². The van der Waals surface area contributed by atoms with Gasteiger partial charge >= 0.3 is 0 Å². The highest BCUT2D eigenvalue weighted by Crippen LogP contribution is 2.41. The highest BCUT2D eigenvalue weighted by molar-refractivity contribution is 5.40. The highest BCUT2D eigenvalue weighted by Gasteiger charge is 2.28. The average Bonchev–Trinajstić information content (AvgIpc) is 2.77. The predicted octanol–water partition coefficient (Wildman–Crippen LogP) is 1.36. The molecule has 1 fully saturated rings. The van der Waals surface area contributed by atoms with E-state index >= 15 is 0 Å². The molecule has 0 amide bonds. The van der Waals surface area contributed by atoms with Crippen LogP contribution in [0.5, 0.6) is 0 Å². The average molecular weight is 151 g/mol. The van der Waals surface area contributed by atoms with Gasteiger partial charge in [0, 0.05) is 12.5 Å². The molecule has 1 aliphatic carbocycles. The molecule has 1 aromatic heterocycles. The number of imidazole rings is 1. The molecule has 2 rings (SSSR count). The summed E-state index contributed by atoms with van der Waals surface area (Å²) >= 11 is 0. The van der Waals surface area contributed by atoms with Crippen molar-refractivity contribution < 1.29 is 0 Å². The summed E-state index contributed by atoms with van der Waals surface area (Å²) in [6, 6.07) is 0. The van der Waals surface area contributed by atoms with Crippen LogP contribution in [0.3, 0.4) is 0 Å². The van der Waals surface area contributed by atoms with Crippen molar-refractivity contribution in [1.82, 2.24) is 9.55 Å². The Labute approximate surface area is 66.2 Å². The molecule has 3 heteroatoms. The second-order valence-corrected chi connectivity index (χ2v) is 3.08. The van der Waals surface area contributed by atoms with Crippen molar-refractivity contribution in [2.75, 3.05) is 5.73 Å². The molecule has 0 radical (unpaired) electrons. The lowest BCUT2D eigenvalue weighted by Crippen LogP contribution is -2.00. The van der Waals surface area contributed by atoms with Crippen LogP contribution in [0, 0.1) is 0 Å². The quantitative estimate of drug-likeness (QED) is 0.693. The third kappa shape index (κ3) is 1.00. The van der Waals surface area contributed by atoms with E-state index in [0.29, 0.717) is 5.92 Å². The van der Waals surface area contributed by atoms with Gasteiger partial charge in [-0.25, -0.2) is 4.98 Å². The smallest absolute Gasteiger partial charge is 0.126 e. The Morgan fingerprint density at radius 1 is 1.73 bits per heavy atom. The van der Waals surface area contributed by atoms with Gasteiger partial charge < -0.3 is 10.3 Å². The molecule has 11 heavy (non-hydrogen) atoms. The van der Waals surface area contributed by atoms with E-state index in [1.54, 1.807) is 0 Å². The van der Waals surface area contributed by atoms with E-state index in [4.69, 9.17) is 5.73 Å². The number of anilines is 1. The third-order valence-electron chi connectivity index (χ3n) is 2.21. The molecule has 2 N–H and O–H groups in total. The zero-order valence-corrected chi connectivity index (χ0v) is 6.75. The molecule has 1 heterocycles. The Kier molecular flexibility index (Phi) is 1.37. The maximum absolute atomic E-state index is 5.86. The van der Waals surface area contributed by atoms with Gasteiger partial charge in [-0.3, -0.25) is 0 Å². The topological polar surface area (TPSA) is 43.8 Å². The van der Waals surface area contributed by atoms with Crippen molar-refractivity contribution in [3.63, 3.8) is 0 Å². The lowest BCUT2D eigenvalue weighted by molar-refractivity contribution is 0.771. The Hall–Kier alpha value is -0.990. The summed E-state index contributed by atoms with van der Waals surface area (Å²) in [5, 5.41) is 0. The standard InChI is InChI=1S/C8H13N3/c1-2-11-5-10-7(8(11)9)6-3-4-6/h5-6H,2-4,9H2,1H3. The van der Waals surface area contributed by atoms with Gasteiger partial charge in [-0.15, -0.1) is 0 Å². The number of nitrogen functional groups attached to an aromatic ring is 1. The van der Waals surface area contributed by atoms with E-state index in [9.17, 15) is 0 Å². The Morgan fingerprint density at radius 3 is 2.91 bits per heavy atom. The van der Waals surface area contributed by atoms with E-state index < -0.39 is 0 Å². The molecule has 1 saturated carbocycles. The zero-order valence-electron chi connectivity index (χ0n) is 6.75. The van der Waals surface area contributed by atoms with Gasteiger partial charge in [0.05, 0.1) is 12.0 Å². The largest absolute Gasteiger partial charge is 0.384 e. The van der Waals surface area contributed by atoms with Crippen molar-refractivity contribution >= 4 is 5.82 Å². The zero-order chi connectivity index (χ0) is 7.84. The number of hydrogen-bond donors (Lipinski definition) is 1. The summed E-state index contributed by atoms with van der Waals surface area (Å²) in [5.74, 6) is 1.54. The highest BCUT2D eigenvalue weighted by atomic mass is 15.1. The van der Waals surface area contributed by atoms with E-state index in [2.05, 4.69) is 11.9 Å². The van der Waals surface area contributed by atoms with Crippen molar-refractivity contribution in [3.05, 3.63) is 12.0 Å². The van der Waals surface area contributed by atoms with Crippen molar-refractivity contribution in [3.8, 4) is 0 Å². The first-order valence-corrected chi connectivity index (χ1v) is 4.13. The normalized spacial score (nSPS) is 17.2. The maximum Gasteiger partial charge on any atom is 0.126 e. The number of hydrogen-bond acceptors (Lipinski definition) is 2. The van der Waals surface area contributed by atoms with Crippen molar-refractivity contribution in [2.45, 2.75) is 32.2 Å². The van der Waals surface area contributed by atoms with Crippen LogP contribution >= 0.6 is 0 Å². The second-order valence-electron chi connectivity index (χ2n) is 3.08. The molecule has 0 bridgehead atoms. The van der Waals surface area contributed by atoms with Gasteiger partial charge in [0.1, 0.15) is 5.82 Å². The van der Waals surface area contributed by atoms with Crippen LogP contribution < -0.4 is 5.73 Å². The third-order valence-corrected chi connectivity index (χ3v) is 2.21. The van der Waals surface area contributed by atoms with Gasteiger partial charge in [-0.05, 0) is 19.8 Å². The molecule has 0 atom stereocenters. The minimum atomic E-state index is 0.669. The Balaban J connectivity index is 2.33. The molecule has 3 nitrogen and oxygen atoms in total. The van der Waals surface area contributed by atoms with Crippen LogP contribution in [-0.4, -0.2) is 9.55 Å². The first-order chi connectivity index (χ1) is 5.33. The predicted molar refractivity (Wildman–Crippen MR) is 44.3 cm³/mol.